The summed E-state index contributed by atoms with van der Waals surface area (Å²) in [6.07, 6.45) is 0.839. The van der Waals surface area contributed by atoms with Crippen LogP contribution < -0.4 is 0 Å². The zero-order valence-corrected chi connectivity index (χ0v) is 7.06. The van der Waals surface area contributed by atoms with E-state index in [9.17, 15) is 13.2 Å². The fraction of sp³-hybridized carbons (Fsp3) is 0. The molecule has 0 amide bonds. The maximum Gasteiger partial charge on any atom is 0.355 e. The first kappa shape index (κ1) is 9.01. The van der Waals surface area contributed by atoms with Crippen LogP contribution in [0.4, 0.5) is 0 Å². The van der Waals surface area contributed by atoms with E-state index in [0.29, 0.717) is 0 Å². The Bertz CT molecular complexity index is 408. The Hall–Kier alpha value is -1.08. The van der Waals surface area contributed by atoms with Crippen LogP contribution in [0.15, 0.2) is 11.1 Å². The molecule has 0 unspecified atom stereocenters. The highest BCUT2D eigenvalue weighted by atomic mass is 35.7. The second-order valence-corrected chi connectivity index (χ2v) is 4.39. The lowest BCUT2D eigenvalue weighted by Crippen LogP contribution is -2.03. The molecule has 0 aliphatic heterocycles. The van der Waals surface area contributed by atoms with Gasteiger partial charge in [-0.1, -0.05) is 0 Å². The van der Waals surface area contributed by atoms with E-state index in [1.54, 1.807) is 0 Å². The lowest BCUT2D eigenvalue weighted by atomic mass is 10.4. The third-order valence-corrected chi connectivity index (χ3v) is 2.41. The number of halogens is 1. The predicted molar refractivity (Wildman–Crippen MR) is 38.6 cm³/mol. The third kappa shape index (κ3) is 1.56. The molecule has 0 fully saturated rings. The Labute approximate surface area is 71.6 Å². The molecule has 1 aromatic heterocycles. The molecule has 0 aliphatic rings. The van der Waals surface area contributed by atoms with Gasteiger partial charge in [0.2, 0.25) is 0 Å². The Morgan fingerprint density at radius 2 is 2.25 bits per heavy atom. The molecule has 66 valence electrons. The topological polar surface area (TPSA) is 100 Å². The Kier molecular flexibility index (Phi) is 2.07. The van der Waals surface area contributed by atoms with Crippen LogP contribution >= 0.6 is 10.7 Å². The number of aromatic amines is 1. The standard InChI is InChI=1S/C4H3ClN2O4S/c5-12(10,11)2-1-6-7-3(2)4(8)9/h1H,(H,6,7)(H,8,9). The summed E-state index contributed by atoms with van der Waals surface area (Å²) in [6.45, 7) is 0. The highest BCUT2D eigenvalue weighted by Crippen LogP contribution is 2.16. The lowest BCUT2D eigenvalue weighted by molar-refractivity contribution is 0.0686. The first-order chi connectivity index (χ1) is 5.43. The van der Waals surface area contributed by atoms with Gasteiger partial charge >= 0.3 is 5.97 Å². The number of carboxylic acids is 1. The smallest absolute Gasteiger partial charge is 0.355 e. The van der Waals surface area contributed by atoms with Crippen molar-refractivity contribution in [2.24, 2.45) is 0 Å². The van der Waals surface area contributed by atoms with Gasteiger partial charge in [0.1, 0.15) is 4.90 Å². The second-order valence-electron chi connectivity index (χ2n) is 1.85. The highest BCUT2D eigenvalue weighted by Gasteiger charge is 2.22. The number of nitrogens with one attached hydrogen (secondary N) is 1. The normalized spacial score (nSPS) is 11.4. The van der Waals surface area contributed by atoms with Crippen LogP contribution in [0, 0.1) is 0 Å². The van der Waals surface area contributed by atoms with Crippen molar-refractivity contribution in [3.63, 3.8) is 0 Å². The van der Waals surface area contributed by atoms with E-state index in [0.717, 1.165) is 6.20 Å². The molecular formula is C4H3ClN2O4S. The van der Waals surface area contributed by atoms with Gasteiger partial charge in [0.25, 0.3) is 9.05 Å². The number of carbonyl (C=O) groups is 1. The lowest BCUT2D eigenvalue weighted by Gasteiger charge is -1.91. The van der Waals surface area contributed by atoms with Crippen molar-refractivity contribution in [1.82, 2.24) is 10.2 Å². The molecule has 0 aliphatic carbocycles. The number of aromatic carboxylic acids is 1. The van der Waals surface area contributed by atoms with Crippen LogP contribution in [0.1, 0.15) is 10.5 Å². The second kappa shape index (κ2) is 2.76. The molecule has 0 atom stereocenters. The molecule has 0 bridgehead atoms. The van der Waals surface area contributed by atoms with Crippen molar-refractivity contribution in [2.45, 2.75) is 4.90 Å². The van der Waals surface area contributed by atoms with Gasteiger partial charge in [-0.05, 0) is 0 Å². The maximum absolute atomic E-state index is 10.7. The van der Waals surface area contributed by atoms with Crippen molar-refractivity contribution in [3.05, 3.63) is 11.9 Å². The summed E-state index contributed by atoms with van der Waals surface area (Å²) in [5, 5.41) is 13.7. The largest absolute Gasteiger partial charge is 0.476 e. The van der Waals surface area contributed by atoms with Gasteiger partial charge in [-0.2, -0.15) is 5.10 Å². The van der Waals surface area contributed by atoms with Crippen molar-refractivity contribution in [1.29, 1.82) is 0 Å². The molecule has 1 rings (SSSR count). The van der Waals surface area contributed by atoms with Gasteiger partial charge < -0.3 is 5.11 Å². The number of hydrogen-bond acceptors (Lipinski definition) is 4. The van der Waals surface area contributed by atoms with Gasteiger partial charge in [0, 0.05) is 10.7 Å². The van der Waals surface area contributed by atoms with E-state index in [1.807, 2.05) is 5.10 Å². The van der Waals surface area contributed by atoms with Crippen LogP contribution in [-0.2, 0) is 9.05 Å². The predicted octanol–water partition coefficient (Wildman–Crippen LogP) is 0.0354. The van der Waals surface area contributed by atoms with Gasteiger partial charge in [0.05, 0.1) is 6.20 Å². The van der Waals surface area contributed by atoms with E-state index in [2.05, 4.69) is 5.10 Å². The number of H-pyrrole nitrogens is 1. The molecular weight excluding hydrogens is 208 g/mol. The maximum atomic E-state index is 10.7. The quantitative estimate of drug-likeness (QED) is 0.671. The summed E-state index contributed by atoms with van der Waals surface area (Å²) in [7, 11) is 0.861. The van der Waals surface area contributed by atoms with E-state index in [-0.39, 0.29) is 0 Å². The number of rotatable bonds is 2. The molecule has 0 spiro atoms. The summed E-state index contributed by atoms with van der Waals surface area (Å²) in [4.78, 5) is 9.80. The summed E-state index contributed by atoms with van der Waals surface area (Å²) in [5.41, 5.74) is -0.537. The number of hydrogen-bond donors (Lipinski definition) is 2. The Morgan fingerprint density at radius 1 is 1.67 bits per heavy atom. The van der Waals surface area contributed by atoms with E-state index in [1.165, 1.54) is 0 Å². The van der Waals surface area contributed by atoms with Crippen LogP contribution in [-0.4, -0.2) is 29.7 Å². The van der Waals surface area contributed by atoms with Crippen molar-refractivity contribution in [3.8, 4) is 0 Å². The summed E-state index contributed by atoms with van der Waals surface area (Å²) < 4.78 is 21.3. The first-order valence-corrected chi connectivity index (χ1v) is 4.95. The zero-order chi connectivity index (χ0) is 9.35. The summed E-state index contributed by atoms with van der Waals surface area (Å²) in [6, 6.07) is 0. The molecule has 8 heteroatoms. The molecule has 0 saturated heterocycles. The van der Waals surface area contributed by atoms with Crippen molar-refractivity contribution < 1.29 is 18.3 Å². The Balaban J connectivity index is 3.36. The SMILES string of the molecule is O=C(O)c1[nH]ncc1S(=O)(=O)Cl. The summed E-state index contributed by atoms with van der Waals surface area (Å²) >= 11 is 0. The van der Waals surface area contributed by atoms with E-state index in [4.69, 9.17) is 15.8 Å². The average Bonchev–Trinajstić information content (AvgIpc) is 2.30. The molecule has 0 aromatic carbocycles. The van der Waals surface area contributed by atoms with Crippen LogP contribution in [0.25, 0.3) is 0 Å². The van der Waals surface area contributed by atoms with Gasteiger partial charge in [0.15, 0.2) is 5.69 Å². The van der Waals surface area contributed by atoms with Crippen LogP contribution in [0.2, 0.25) is 0 Å². The molecule has 1 heterocycles. The fourth-order valence-corrected chi connectivity index (χ4v) is 1.52. The third-order valence-electron chi connectivity index (χ3n) is 1.08. The minimum absolute atomic E-state index is 0.531. The molecule has 0 radical (unpaired) electrons. The zero-order valence-electron chi connectivity index (χ0n) is 5.48. The number of aromatic nitrogens is 2. The molecule has 0 saturated carbocycles. The highest BCUT2D eigenvalue weighted by molar-refractivity contribution is 8.13. The monoisotopic (exact) mass is 210 g/mol. The molecule has 1 aromatic rings. The Morgan fingerprint density at radius 3 is 2.58 bits per heavy atom. The van der Waals surface area contributed by atoms with Crippen LogP contribution in [0.3, 0.4) is 0 Å². The van der Waals surface area contributed by atoms with E-state index >= 15 is 0 Å². The molecule has 12 heavy (non-hydrogen) atoms. The molecule has 6 nitrogen and oxygen atoms in total. The fourth-order valence-electron chi connectivity index (χ4n) is 0.613. The van der Waals surface area contributed by atoms with Gasteiger partial charge in [-0.25, -0.2) is 13.2 Å². The first-order valence-electron chi connectivity index (χ1n) is 2.64. The van der Waals surface area contributed by atoms with Gasteiger partial charge in [-0.3, -0.25) is 5.10 Å². The summed E-state index contributed by atoms with van der Waals surface area (Å²) in [5.74, 6) is -1.42. The minimum Gasteiger partial charge on any atom is -0.476 e. The van der Waals surface area contributed by atoms with Gasteiger partial charge in [-0.15, -0.1) is 0 Å². The van der Waals surface area contributed by atoms with Crippen molar-refractivity contribution in [2.75, 3.05) is 0 Å². The number of carboxylic acid groups (broad SMARTS) is 1. The molecule has 2 N–H and O–H groups in total. The number of nitrogens with zero attached hydrogens (tertiary/aromatic N) is 1. The van der Waals surface area contributed by atoms with E-state index < -0.39 is 25.6 Å². The minimum atomic E-state index is -4.04. The average molecular weight is 211 g/mol. The van der Waals surface area contributed by atoms with Crippen LogP contribution in [0.5, 0.6) is 0 Å². The van der Waals surface area contributed by atoms with Crippen molar-refractivity contribution >= 4 is 25.7 Å².